The smallest absolute Gasteiger partial charge is 0.285 e. The normalized spacial score (nSPS) is 11.3. The second-order valence-corrected chi connectivity index (χ2v) is 6.53. The fourth-order valence-electron chi connectivity index (χ4n) is 2.25. The van der Waals surface area contributed by atoms with E-state index >= 15 is 0 Å². The average molecular weight is 353 g/mol. The quantitative estimate of drug-likeness (QED) is 0.535. The van der Waals surface area contributed by atoms with Crippen molar-refractivity contribution in [3.8, 4) is 5.69 Å². The molecule has 1 aromatic carbocycles. The van der Waals surface area contributed by atoms with Gasteiger partial charge >= 0.3 is 0 Å². The van der Waals surface area contributed by atoms with Crippen molar-refractivity contribution < 1.29 is 0 Å². The van der Waals surface area contributed by atoms with Crippen LogP contribution in [0.25, 0.3) is 16.9 Å². The number of aromatic nitrogens is 4. The number of thioether (sulfide) groups is 2. The van der Waals surface area contributed by atoms with Gasteiger partial charge in [-0.25, -0.2) is 9.97 Å². The predicted octanol–water partition coefficient (Wildman–Crippen LogP) is 3.22. The van der Waals surface area contributed by atoms with Crippen LogP contribution in [0.15, 0.2) is 39.4 Å². The minimum absolute atomic E-state index is 0.132. The Hall–Kier alpha value is -1.44. The van der Waals surface area contributed by atoms with Gasteiger partial charge in [-0.15, -0.1) is 0 Å². The van der Waals surface area contributed by atoms with Gasteiger partial charge in [0.2, 0.25) is 0 Å². The van der Waals surface area contributed by atoms with E-state index in [1.165, 1.54) is 23.5 Å². The second kappa shape index (κ2) is 5.98. The molecule has 8 heteroatoms. The molecule has 3 aromatic rings. The van der Waals surface area contributed by atoms with E-state index in [0.717, 1.165) is 10.8 Å². The lowest BCUT2D eigenvalue weighted by molar-refractivity contribution is 0.791. The van der Waals surface area contributed by atoms with E-state index in [0.29, 0.717) is 21.3 Å². The molecule has 0 aliphatic carbocycles. The number of rotatable bonds is 3. The Morgan fingerprint density at radius 3 is 2.23 bits per heavy atom. The zero-order chi connectivity index (χ0) is 15.9. The molecule has 3 rings (SSSR count). The first-order valence-corrected chi connectivity index (χ1v) is 9.23. The van der Waals surface area contributed by atoms with Gasteiger partial charge in [0.1, 0.15) is 0 Å². The van der Waals surface area contributed by atoms with Crippen LogP contribution in [0.2, 0.25) is 5.02 Å². The maximum atomic E-state index is 13.0. The van der Waals surface area contributed by atoms with Crippen molar-refractivity contribution in [2.24, 2.45) is 7.05 Å². The molecule has 0 amide bonds. The third-order valence-corrected chi connectivity index (χ3v) is 4.91. The van der Waals surface area contributed by atoms with Gasteiger partial charge in [0.15, 0.2) is 21.5 Å². The topological polar surface area (TPSA) is 52.7 Å². The lowest BCUT2D eigenvalue weighted by atomic mass is 10.3. The lowest BCUT2D eigenvalue weighted by Gasteiger charge is -2.10. The fraction of sp³-hybridized carbons (Fsp3) is 0.214. The molecule has 0 saturated carbocycles. The highest BCUT2D eigenvalue weighted by Gasteiger charge is 2.18. The van der Waals surface area contributed by atoms with E-state index in [-0.39, 0.29) is 5.56 Å². The average Bonchev–Trinajstić information content (AvgIpc) is 2.84. The van der Waals surface area contributed by atoms with Crippen LogP contribution in [0.5, 0.6) is 0 Å². The highest BCUT2D eigenvalue weighted by Crippen LogP contribution is 2.22. The van der Waals surface area contributed by atoms with Crippen molar-refractivity contribution in [1.82, 2.24) is 19.1 Å². The number of hydrogen-bond donors (Lipinski definition) is 0. The van der Waals surface area contributed by atoms with Gasteiger partial charge in [-0.05, 0) is 36.8 Å². The summed E-state index contributed by atoms with van der Waals surface area (Å²) in [6, 6.07) is 7.13. The Balaban J connectivity index is 2.38. The molecule has 22 heavy (non-hydrogen) atoms. The van der Waals surface area contributed by atoms with Gasteiger partial charge < -0.3 is 4.57 Å². The number of halogens is 1. The summed E-state index contributed by atoms with van der Waals surface area (Å²) in [5.41, 5.74) is 1.58. The lowest BCUT2D eigenvalue weighted by Crippen LogP contribution is -2.23. The zero-order valence-electron chi connectivity index (χ0n) is 12.2. The first-order valence-electron chi connectivity index (χ1n) is 6.40. The Labute approximate surface area is 140 Å². The summed E-state index contributed by atoms with van der Waals surface area (Å²) in [4.78, 5) is 21.9. The summed E-state index contributed by atoms with van der Waals surface area (Å²) in [5.74, 6) is 0. The first kappa shape index (κ1) is 15.5. The van der Waals surface area contributed by atoms with Crippen LogP contribution in [0.4, 0.5) is 0 Å². The highest BCUT2D eigenvalue weighted by molar-refractivity contribution is 7.98. The molecule has 114 valence electrons. The number of aryl methyl sites for hydroxylation is 1. The Morgan fingerprint density at radius 2 is 1.64 bits per heavy atom. The van der Waals surface area contributed by atoms with Crippen molar-refractivity contribution in [3.05, 3.63) is 39.6 Å². The van der Waals surface area contributed by atoms with E-state index in [9.17, 15) is 4.79 Å². The number of nitrogens with zero attached hydrogens (tertiary/aromatic N) is 4. The van der Waals surface area contributed by atoms with E-state index in [1.807, 2.05) is 31.7 Å². The van der Waals surface area contributed by atoms with Crippen molar-refractivity contribution in [1.29, 1.82) is 0 Å². The van der Waals surface area contributed by atoms with Crippen molar-refractivity contribution in [3.63, 3.8) is 0 Å². The van der Waals surface area contributed by atoms with E-state index in [4.69, 9.17) is 11.6 Å². The molecule has 2 aromatic heterocycles. The van der Waals surface area contributed by atoms with Gasteiger partial charge in [-0.2, -0.15) is 0 Å². The first-order chi connectivity index (χ1) is 10.6. The minimum Gasteiger partial charge on any atom is -0.316 e. The third-order valence-electron chi connectivity index (χ3n) is 3.28. The Kier molecular flexibility index (Phi) is 4.20. The molecule has 0 aliphatic rings. The van der Waals surface area contributed by atoms with Crippen molar-refractivity contribution >= 4 is 46.3 Å². The number of benzene rings is 1. The monoisotopic (exact) mass is 352 g/mol. The summed E-state index contributed by atoms with van der Waals surface area (Å²) in [7, 11) is 1.83. The van der Waals surface area contributed by atoms with E-state index in [1.54, 1.807) is 21.3 Å². The minimum atomic E-state index is -0.132. The largest absolute Gasteiger partial charge is 0.316 e. The number of fused-ring (bicyclic) bond motifs is 1. The van der Waals surface area contributed by atoms with Gasteiger partial charge in [-0.3, -0.25) is 9.36 Å². The van der Waals surface area contributed by atoms with Crippen molar-refractivity contribution in [2.75, 3.05) is 12.5 Å². The summed E-state index contributed by atoms with van der Waals surface area (Å²) in [5, 5.41) is 1.99. The highest BCUT2D eigenvalue weighted by atomic mass is 35.5. The Morgan fingerprint density at radius 1 is 1.05 bits per heavy atom. The number of hydrogen-bond acceptors (Lipinski definition) is 5. The van der Waals surface area contributed by atoms with Crippen molar-refractivity contribution in [2.45, 2.75) is 10.3 Å². The maximum absolute atomic E-state index is 13.0. The standard InChI is InChI=1S/C14H13ClN4OS2/c1-18-10-11(16-13(18)21-2)17-14(22-3)19(12(10)20)9-6-4-8(15)5-7-9/h4-7H,1-3H3. The Bertz CT molecular complexity index is 902. The predicted molar refractivity (Wildman–Crippen MR) is 92.7 cm³/mol. The molecular weight excluding hydrogens is 340 g/mol. The molecule has 0 spiro atoms. The molecule has 0 fully saturated rings. The molecule has 0 radical (unpaired) electrons. The molecule has 0 saturated heterocycles. The van der Waals surface area contributed by atoms with Gasteiger partial charge in [0.05, 0.1) is 5.69 Å². The SMILES string of the molecule is CSc1nc2nc(SC)n(C)c2c(=O)n1-c1ccc(Cl)cc1. The molecular formula is C14H13ClN4OS2. The maximum Gasteiger partial charge on any atom is 0.285 e. The van der Waals surface area contributed by atoms with Gasteiger partial charge in [0.25, 0.3) is 5.56 Å². The molecule has 0 unspecified atom stereocenters. The van der Waals surface area contributed by atoms with Crippen LogP contribution in [0, 0.1) is 0 Å². The molecule has 2 heterocycles. The molecule has 0 atom stereocenters. The van der Waals surface area contributed by atoms with Crippen LogP contribution in [-0.2, 0) is 7.05 Å². The summed E-state index contributed by atoms with van der Waals surface area (Å²) < 4.78 is 3.38. The molecule has 5 nitrogen and oxygen atoms in total. The van der Waals surface area contributed by atoms with Crippen LogP contribution >= 0.6 is 35.1 Å². The van der Waals surface area contributed by atoms with E-state index in [2.05, 4.69) is 9.97 Å². The molecule has 0 bridgehead atoms. The summed E-state index contributed by atoms with van der Waals surface area (Å²) in [6.07, 6.45) is 3.81. The molecule has 0 N–H and O–H groups in total. The number of imidazole rings is 1. The van der Waals surface area contributed by atoms with Crippen LogP contribution in [0.1, 0.15) is 0 Å². The van der Waals surface area contributed by atoms with Crippen LogP contribution < -0.4 is 5.56 Å². The molecule has 0 aliphatic heterocycles. The van der Waals surface area contributed by atoms with Gasteiger partial charge in [0, 0.05) is 12.1 Å². The van der Waals surface area contributed by atoms with Gasteiger partial charge in [-0.1, -0.05) is 35.1 Å². The summed E-state index contributed by atoms with van der Waals surface area (Å²) >= 11 is 8.83. The second-order valence-electron chi connectivity index (χ2n) is 4.55. The third kappa shape index (κ3) is 2.43. The van der Waals surface area contributed by atoms with Crippen LogP contribution in [0.3, 0.4) is 0 Å². The summed E-state index contributed by atoms with van der Waals surface area (Å²) in [6.45, 7) is 0. The zero-order valence-corrected chi connectivity index (χ0v) is 14.6. The van der Waals surface area contributed by atoms with E-state index < -0.39 is 0 Å². The van der Waals surface area contributed by atoms with Crippen LogP contribution in [-0.4, -0.2) is 31.6 Å². The fourth-order valence-corrected chi connectivity index (χ4v) is 3.47.